The van der Waals surface area contributed by atoms with E-state index in [0.29, 0.717) is 12.0 Å². The molecule has 0 fully saturated rings. The second-order valence-electron chi connectivity index (χ2n) is 3.85. The molecule has 14 heavy (non-hydrogen) atoms. The van der Waals surface area contributed by atoms with E-state index in [2.05, 4.69) is 0 Å². The van der Waals surface area contributed by atoms with Crippen molar-refractivity contribution in [3.05, 3.63) is 11.1 Å². The summed E-state index contributed by atoms with van der Waals surface area (Å²) in [6.07, 6.45) is 0.697. The van der Waals surface area contributed by atoms with Crippen LogP contribution in [0.1, 0.15) is 34.1 Å². The number of carboxylic acid groups (broad SMARTS) is 2. The second kappa shape index (κ2) is 4.26. The number of rotatable bonds is 4. The number of aliphatic carboxylic acids is 2. The Kier molecular flexibility index (Phi) is 3.86. The molecular formula is C10H16O4. The third-order valence-corrected chi connectivity index (χ3v) is 2.70. The fourth-order valence-corrected chi connectivity index (χ4v) is 1.02. The molecule has 0 rings (SSSR count). The molecule has 0 radical (unpaired) electrons. The lowest BCUT2D eigenvalue weighted by Gasteiger charge is -2.24. The molecular weight excluding hydrogens is 184 g/mol. The summed E-state index contributed by atoms with van der Waals surface area (Å²) in [7, 11) is 0. The van der Waals surface area contributed by atoms with Gasteiger partial charge in [0.1, 0.15) is 5.57 Å². The highest BCUT2D eigenvalue weighted by atomic mass is 16.4. The van der Waals surface area contributed by atoms with E-state index >= 15 is 0 Å². The van der Waals surface area contributed by atoms with E-state index < -0.39 is 22.9 Å². The Morgan fingerprint density at radius 3 is 1.71 bits per heavy atom. The lowest BCUT2D eigenvalue weighted by atomic mass is 9.80. The minimum absolute atomic E-state index is 0.397. The molecule has 0 heterocycles. The average molecular weight is 200 g/mol. The Morgan fingerprint density at radius 2 is 1.50 bits per heavy atom. The van der Waals surface area contributed by atoms with Crippen molar-refractivity contribution < 1.29 is 19.8 Å². The minimum Gasteiger partial charge on any atom is -0.477 e. The predicted octanol–water partition coefficient (Wildman–Crippen LogP) is 1.91. The lowest BCUT2D eigenvalue weighted by Crippen LogP contribution is -2.21. The van der Waals surface area contributed by atoms with E-state index in [1.807, 2.05) is 20.8 Å². The molecule has 0 saturated heterocycles. The number of allylic oxidation sites excluding steroid dienone is 1. The third-order valence-electron chi connectivity index (χ3n) is 2.70. The van der Waals surface area contributed by atoms with Crippen LogP contribution in [-0.2, 0) is 9.59 Å². The normalized spacial score (nSPS) is 10.9. The largest absolute Gasteiger partial charge is 0.477 e. The van der Waals surface area contributed by atoms with Gasteiger partial charge in [0.05, 0.1) is 0 Å². The van der Waals surface area contributed by atoms with Crippen molar-refractivity contribution in [2.75, 3.05) is 0 Å². The van der Waals surface area contributed by atoms with Gasteiger partial charge in [-0.05, 0) is 24.3 Å². The van der Waals surface area contributed by atoms with Crippen LogP contribution in [0, 0.1) is 5.41 Å². The zero-order chi connectivity index (χ0) is 11.5. The van der Waals surface area contributed by atoms with Gasteiger partial charge < -0.3 is 10.2 Å². The van der Waals surface area contributed by atoms with E-state index in [9.17, 15) is 9.59 Å². The Labute approximate surface area is 83.2 Å². The molecule has 0 saturated carbocycles. The van der Waals surface area contributed by atoms with Crippen molar-refractivity contribution >= 4 is 11.9 Å². The molecule has 0 unspecified atom stereocenters. The fraction of sp³-hybridized carbons (Fsp3) is 0.600. The van der Waals surface area contributed by atoms with Crippen LogP contribution in [0.25, 0.3) is 0 Å². The molecule has 0 atom stereocenters. The van der Waals surface area contributed by atoms with Crippen molar-refractivity contribution in [2.45, 2.75) is 34.1 Å². The van der Waals surface area contributed by atoms with Crippen LogP contribution in [0.2, 0.25) is 0 Å². The molecule has 2 N–H and O–H groups in total. The van der Waals surface area contributed by atoms with Gasteiger partial charge in [-0.2, -0.15) is 0 Å². The molecule has 4 nitrogen and oxygen atoms in total. The van der Waals surface area contributed by atoms with Gasteiger partial charge in [-0.25, -0.2) is 9.59 Å². The van der Waals surface area contributed by atoms with E-state index in [1.165, 1.54) is 0 Å². The van der Waals surface area contributed by atoms with Crippen LogP contribution >= 0.6 is 0 Å². The monoisotopic (exact) mass is 200 g/mol. The minimum atomic E-state index is -1.38. The lowest BCUT2D eigenvalue weighted by molar-refractivity contribution is -0.140. The van der Waals surface area contributed by atoms with E-state index in [-0.39, 0.29) is 0 Å². The van der Waals surface area contributed by atoms with Gasteiger partial charge in [-0.3, -0.25) is 0 Å². The zero-order valence-electron chi connectivity index (χ0n) is 8.92. The van der Waals surface area contributed by atoms with Crippen molar-refractivity contribution in [2.24, 2.45) is 5.41 Å². The van der Waals surface area contributed by atoms with Gasteiger partial charge in [0.2, 0.25) is 0 Å². The highest BCUT2D eigenvalue weighted by Crippen LogP contribution is 2.31. The summed E-state index contributed by atoms with van der Waals surface area (Å²) in [6, 6.07) is 0. The molecule has 0 amide bonds. The molecule has 0 spiro atoms. The first-order chi connectivity index (χ1) is 6.24. The van der Waals surface area contributed by atoms with E-state index in [0.717, 1.165) is 0 Å². The maximum atomic E-state index is 10.7. The van der Waals surface area contributed by atoms with Crippen LogP contribution in [0.4, 0.5) is 0 Å². The molecule has 0 aromatic heterocycles. The maximum absolute atomic E-state index is 10.7. The van der Waals surface area contributed by atoms with Crippen molar-refractivity contribution in [3.8, 4) is 0 Å². The Balaban J connectivity index is 5.42. The van der Waals surface area contributed by atoms with Crippen LogP contribution in [0.5, 0.6) is 0 Å². The molecule has 0 aliphatic carbocycles. The first-order valence-electron chi connectivity index (χ1n) is 4.42. The number of hydrogen-bond acceptors (Lipinski definition) is 2. The van der Waals surface area contributed by atoms with Crippen LogP contribution in [0.3, 0.4) is 0 Å². The standard InChI is InChI=1S/C10H16O4/c1-5-10(3,4)6(2)7(8(11)12)9(13)14/h5H2,1-4H3,(H,11,12)(H,13,14). The van der Waals surface area contributed by atoms with Gasteiger partial charge in [0.15, 0.2) is 0 Å². The number of hydrogen-bond donors (Lipinski definition) is 2. The molecule has 0 aliphatic heterocycles. The Bertz CT molecular complexity index is 270. The maximum Gasteiger partial charge on any atom is 0.343 e. The first-order valence-corrected chi connectivity index (χ1v) is 4.42. The van der Waals surface area contributed by atoms with Crippen molar-refractivity contribution in [1.29, 1.82) is 0 Å². The predicted molar refractivity (Wildman–Crippen MR) is 52.0 cm³/mol. The van der Waals surface area contributed by atoms with Crippen LogP contribution < -0.4 is 0 Å². The van der Waals surface area contributed by atoms with Gasteiger partial charge in [-0.1, -0.05) is 20.8 Å². The highest BCUT2D eigenvalue weighted by molar-refractivity contribution is 6.13. The van der Waals surface area contributed by atoms with Crippen molar-refractivity contribution in [3.63, 3.8) is 0 Å². The van der Waals surface area contributed by atoms with Crippen molar-refractivity contribution in [1.82, 2.24) is 0 Å². The summed E-state index contributed by atoms with van der Waals surface area (Å²) in [5, 5.41) is 17.5. The molecule has 0 aromatic carbocycles. The summed E-state index contributed by atoms with van der Waals surface area (Å²) >= 11 is 0. The molecule has 0 aromatic rings. The number of carboxylic acids is 2. The summed E-state index contributed by atoms with van der Waals surface area (Å²) in [4.78, 5) is 21.4. The SMILES string of the molecule is CCC(C)(C)C(C)=C(C(=O)O)C(=O)O. The second-order valence-corrected chi connectivity index (χ2v) is 3.85. The van der Waals surface area contributed by atoms with Gasteiger partial charge in [0, 0.05) is 0 Å². The summed E-state index contributed by atoms with van der Waals surface area (Å²) in [5.41, 5.74) is -0.511. The quantitative estimate of drug-likeness (QED) is 0.413. The van der Waals surface area contributed by atoms with Crippen LogP contribution in [-0.4, -0.2) is 22.2 Å². The third kappa shape index (κ3) is 2.58. The summed E-state index contributed by atoms with van der Waals surface area (Å²) < 4.78 is 0. The Hall–Kier alpha value is -1.32. The number of carbonyl (C=O) groups is 2. The topological polar surface area (TPSA) is 74.6 Å². The smallest absolute Gasteiger partial charge is 0.343 e. The van der Waals surface area contributed by atoms with Crippen LogP contribution in [0.15, 0.2) is 11.1 Å². The van der Waals surface area contributed by atoms with E-state index in [1.54, 1.807) is 6.92 Å². The Morgan fingerprint density at radius 1 is 1.14 bits per heavy atom. The van der Waals surface area contributed by atoms with Gasteiger partial charge in [0.25, 0.3) is 0 Å². The first kappa shape index (κ1) is 12.7. The highest BCUT2D eigenvalue weighted by Gasteiger charge is 2.28. The molecule has 0 aliphatic rings. The van der Waals surface area contributed by atoms with Gasteiger partial charge >= 0.3 is 11.9 Å². The summed E-state index contributed by atoms with van der Waals surface area (Å²) in [5.74, 6) is -2.76. The molecule has 4 heteroatoms. The molecule has 0 bridgehead atoms. The zero-order valence-corrected chi connectivity index (χ0v) is 8.92. The average Bonchev–Trinajstić information content (AvgIpc) is 2.02. The van der Waals surface area contributed by atoms with Gasteiger partial charge in [-0.15, -0.1) is 0 Å². The van der Waals surface area contributed by atoms with E-state index in [4.69, 9.17) is 10.2 Å². The summed E-state index contributed by atoms with van der Waals surface area (Å²) in [6.45, 7) is 7.11. The molecule has 80 valence electrons. The fourth-order valence-electron chi connectivity index (χ4n) is 1.02.